The minimum absolute atomic E-state index is 0.0534. The molecule has 88 valence electrons. The fraction of sp³-hybridized carbons (Fsp3) is 0.308. The Kier molecular flexibility index (Phi) is 3.40. The van der Waals surface area contributed by atoms with E-state index in [9.17, 15) is 9.18 Å². The molecule has 0 aromatic heterocycles. The molecule has 1 amide bonds. The number of halogens is 1. The molecule has 1 aliphatic rings. The van der Waals surface area contributed by atoms with Gasteiger partial charge in [0.1, 0.15) is 12.4 Å². The van der Waals surface area contributed by atoms with Crippen molar-refractivity contribution in [3.8, 4) is 11.8 Å². The van der Waals surface area contributed by atoms with Gasteiger partial charge in [-0.3, -0.25) is 4.79 Å². The molecule has 1 aromatic rings. The van der Waals surface area contributed by atoms with Gasteiger partial charge in [0.25, 0.3) is 0 Å². The molecular formula is C13H12FNO2. The smallest absolute Gasteiger partial charge is 0.227 e. The van der Waals surface area contributed by atoms with Crippen molar-refractivity contribution < 1.29 is 14.3 Å². The Morgan fingerprint density at radius 2 is 2.29 bits per heavy atom. The zero-order valence-corrected chi connectivity index (χ0v) is 9.24. The Morgan fingerprint density at radius 1 is 1.47 bits per heavy atom. The summed E-state index contributed by atoms with van der Waals surface area (Å²) >= 11 is 0. The Balaban J connectivity index is 2.33. The topological polar surface area (TPSA) is 40.5 Å². The normalized spacial score (nSPS) is 14.7. The maximum absolute atomic E-state index is 13.4. The van der Waals surface area contributed by atoms with Gasteiger partial charge in [0, 0.05) is 18.7 Å². The first-order valence-electron chi connectivity index (χ1n) is 5.42. The number of carbonyl (C=O) groups is 1. The van der Waals surface area contributed by atoms with Crippen molar-refractivity contribution in [1.29, 1.82) is 0 Å². The highest BCUT2D eigenvalue weighted by Gasteiger charge is 2.22. The summed E-state index contributed by atoms with van der Waals surface area (Å²) in [5.41, 5.74) is 0.868. The minimum Gasteiger partial charge on any atom is -0.384 e. The van der Waals surface area contributed by atoms with Crippen LogP contribution in [0.2, 0.25) is 0 Å². The van der Waals surface area contributed by atoms with Crippen molar-refractivity contribution >= 4 is 11.6 Å². The number of hydrogen-bond donors (Lipinski definition) is 1. The molecule has 1 heterocycles. The molecule has 1 saturated heterocycles. The second kappa shape index (κ2) is 4.98. The lowest BCUT2D eigenvalue weighted by molar-refractivity contribution is -0.117. The largest absolute Gasteiger partial charge is 0.384 e. The predicted octanol–water partition coefficient (Wildman–Crippen LogP) is 1.30. The highest BCUT2D eigenvalue weighted by Crippen LogP contribution is 2.23. The number of nitrogens with zero attached hydrogens (tertiary/aromatic N) is 1. The van der Waals surface area contributed by atoms with Crippen LogP contribution in [0.25, 0.3) is 0 Å². The summed E-state index contributed by atoms with van der Waals surface area (Å²) < 4.78 is 13.4. The van der Waals surface area contributed by atoms with Gasteiger partial charge in [0.2, 0.25) is 5.91 Å². The van der Waals surface area contributed by atoms with E-state index in [0.29, 0.717) is 18.7 Å². The van der Waals surface area contributed by atoms with Crippen LogP contribution in [0.15, 0.2) is 18.2 Å². The van der Waals surface area contributed by atoms with E-state index in [-0.39, 0.29) is 18.1 Å². The van der Waals surface area contributed by atoms with Crippen LogP contribution < -0.4 is 4.90 Å². The standard InChI is InChI=1S/C13H12FNO2/c14-12-6-5-11(9-10(12)3-2-8-16)15-7-1-4-13(15)17/h5-6,9,16H,1,4,7-8H2. The summed E-state index contributed by atoms with van der Waals surface area (Å²) in [5, 5.41) is 8.58. The molecular weight excluding hydrogens is 221 g/mol. The van der Waals surface area contributed by atoms with Gasteiger partial charge in [0.05, 0.1) is 5.56 Å². The van der Waals surface area contributed by atoms with Crippen molar-refractivity contribution in [3.63, 3.8) is 0 Å². The zero-order chi connectivity index (χ0) is 12.3. The average molecular weight is 233 g/mol. The first-order chi connectivity index (χ1) is 8.22. The van der Waals surface area contributed by atoms with Crippen LogP contribution >= 0.6 is 0 Å². The van der Waals surface area contributed by atoms with Crippen molar-refractivity contribution in [2.75, 3.05) is 18.1 Å². The lowest BCUT2D eigenvalue weighted by Gasteiger charge is -2.15. The van der Waals surface area contributed by atoms with E-state index < -0.39 is 5.82 Å². The molecule has 0 radical (unpaired) electrons. The summed E-state index contributed by atoms with van der Waals surface area (Å²) in [5.74, 6) is 4.54. The predicted molar refractivity (Wildman–Crippen MR) is 62.0 cm³/mol. The van der Waals surface area contributed by atoms with Crippen LogP contribution in [0.4, 0.5) is 10.1 Å². The van der Waals surface area contributed by atoms with Crippen molar-refractivity contribution in [3.05, 3.63) is 29.6 Å². The summed E-state index contributed by atoms with van der Waals surface area (Å²) in [4.78, 5) is 13.2. The summed E-state index contributed by atoms with van der Waals surface area (Å²) in [6.07, 6.45) is 1.36. The lowest BCUT2D eigenvalue weighted by Crippen LogP contribution is -2.23. The third-order valence-electron chi connectivity index (χ3n) is 2.64. The van der Waals surface area contributed by atoms with Crippen LogP contribution in [0.5, 0.6) is 0 Å². The molecule has 1 N–H and O–H groups in total. The average Bonchev–Trinajstić information content (AvgIpc) is 2.75. The molecule has 17 heavy (non-hydrogen) atoms. The molecule has 0 bridgehead atoms. The van der Waals surface area contributed by atoms with E-state index in [2.05, 4.69) is 11.8 Å². The Labute approximate surface area is 98.9 Å². The Morgan fingerprint density at radius 3 is 2.94 bits per heavy atom. The van der Waals surface area contributed by atoms with Crippen LogP contribution in [-0.4, -0.2) is 24.2 Å². The highest BCUT2D eigenvalue weighted by molar-refractivity contribution is 5.95. The van der Waals surface area contributed by atoms with Crippen molar-refractivity contribution in [2.24, 2.45) is 0 Å². The Bertz CT molecular complexity index is 502. The molecule has 1 aliphatic heterocycles. The number of benzene rings is 1. The van der Waals surface area contributed by atoms with Gasteiger partial charge in [-0.05, 0) is 24.6 Å². The molecule has 0 aliphatic carbocycles. The molecule has 0 atom stereocenters. The first-order valence-corrected chi connectivity index (χ1v) is 5.42. The molecule has 2 rings (SSSR count). The zero-order valence-electron chi connectivity index (χ0n) is 9.24. The minimum atomic E-state index is -0.443. The van der Waals surface area contributed by atoms with Gasteiger partial charge in [-0.25, -0.2) is 4.39 Å². The monoisotopic (exact) mass is 233 g/mol. The summed E-state index contributed by atoms with van der Waals surface area (Å²) in [6, 6.07) is 4.41. The number of aliphatic hydroxyl groups is 1. The molecule has 0 saturated carbocycles. The molecule has 1 aromatic carbocycles. The van der Waals surface area contributed by atoms with E-state index in [1.807, 2.05) is 0 Å². The van der Waals surface area contributed by atoms with Gasteiger partial charge >= 0.3 is 0 Å². The molecule has 1 fully saturated rings. The van der Waals surface area contributed by atoms with Gasteiger partial charge in [-0.15, -0.1) is 0 Å². The van der Waals surface area contributed by atoms with Crippen molar-refractivity contribution in [2.45, 2.75) is 12.8 Å². The van der Waals surface area contributed by atoms with E-state index in [4.69, 9.17) is 5.11 Å². The molecule has 3 nitrogen and oxygen atoms in total. The number of hydrogen-bond acceptors (Lipinski definition) is 2. The highest BCUT2D eigenvalue weighted by atomic mass is 19.1. The summed E-state index contributed by atoms with van der Waals surface area (Å²) in [6.45, 7) is 0.351. The quantitative estimate of drug-likeness (QED) is 0.743. The van der Waals surface area contributed by atoms with Gasteiger partial charge in [-0.2, -0.15) is 0 Å². The van der Waals surface area contributed by atoms with Crippen LogP contribution in [-0.2, 0) is 4.79 Å². The SMILES string of the molecule is O=C1CCCN1c1ccc(F)c(C#CCO)c1. The summed E-state index contributed by atoms with van der Waals surface area (Å²) in [7, 11) is 0. The van der Waals surface area contributed by atoms with Gasteiger partial charge < -0.3 is 10.0 Å². The van der Waals surface area contributed by atoms with Crippen LogP contribution in [0, 0.1) is 17.7 Å². The fourth-order valence-corrected chi connectivity index (χ4v) is 1.83. The van der Waals surface area contributed by atoms with Crippen LogP contribution in [0.3, 0.4) is 0 Å². The number of aliphatic hydroxyl groups excluding tert-OH is 1. The molecule has 0 spiro atoms. The molecule has 4 heteroatoms. The van der Waals surface area contributed by atoms with E-state index >= 15 is 0 Å². The van der Waals surface area contributed by atoms with Crippen molar-refractivity contribution in [1.82, 2.24) is 0 Å². The Hall–Kier alpha value is -1.86. The third kappa shape index (κ3) is 2.45. The number of amides is 1. The number of carbonyl (C=O) groups excluding carboxylic acids is 1. The maximum Gasteiger partial charge on any atom is 0.227 e. The lowest BCUT2D eigenvalue weighted by atomic mass is 10.2. The van der Waals surface area contributed by atoms with E-state index in [1.165, 1.54) is 6.07 Å². The number of anilines is 1. The number of rotatable bonds is 1. The molecule has 0 unspecified atom stereocenters. The second-order valence-electron chi connectivity index (χ2n) is 3.77. The fourth-order valence-electron chi connectivity index (χ4n) is 1.83. The van der Waals surface area contributed by atoms with E-state index in [1.54, 1.807) is 17.0 Å². The van der Waals surface area contributed by atoms with Gasteiger partial charge in [-0.1, -0.05) is 11.8 Å². The van der Waals surface area contributed by atoms with Crippen LogP contribution in [0.1, 0.15) is 18.4 Å². The second-order valence-corrected chi connectivity index (χ2v) is 3.77. The first kappa shape index (κ1) is 11.6. The third-order valence-corrected chi connectivity index (χ3v) is 2.64. The van der Waals surface area contributed by atoms with Gasteiger partial charge in [0.15, 0.2) is 0 Å². The maximum atomic E-state index is 13.4. The van der Waals surface area contributed by atoms with E-state index in [0.717, 1.165) is 6.42 Å².